The third kappa shape index (κ3) is 3.83. The molecule has 1 saturated heterocycles. The van der Waals surface area contributed by atoms with Gasteiger partial charge in [0, 0.05) is 25.0 Å². The molecule has 1 aliphatic heterocycles. The number of nitrogens with one attached hydrogen (secondary N) is 1. The molecular weight excluding hydrogens is 235 g/mol. The van der Waals surface area contributed by atoms with Crippen molar-refractivity contribution in [1.82, 2.24) is 10.2 Å². The average molecular weight is 258 g/mol. The summed E-state index contributed by atoms with van der Waals surface area (Å²) in [5.74, 6) is -0.0990. The molecule has 0 aromatic carbocycles. The number of hydrogen-bond acceptors (Lipinski definition) is 3. The predicted octanol–water partition coefficient (Wildman–Crippen LogP) is 1.94. The Labute approximate surface area is 108 Å². The summed E-state index contributed by atoms with van der Waals surface area (Å²) >= 11 is 0. The number of carbonyl (C=O) groups is 1. The van der Waals surface area contributed by atoms with Crippen LogP contribution in [0.1, 0.15) is 33.6 Å². The van der Waals surface area contributed by atoms with E-state index >= 15 is 0 Å². The Morgan fingerprint density at radius 2 is 2.06 bits per heavy atom. The maximum Gasteiger partial charge on any atom is 0.410 e. The van der Waals surface area contributed by atoms with Gasteiger partial charge in [-0.05, 0) is 33.6 Å². The zero-order valence-corrected chi connectivity index (χ0v) is 11.4. The Balaban J connectivity index is 1.79. The van der Waals surface area contributed by atoms with Gasteiger partial charge in [0.1, 0.15) is 11.8 Å². The van der Waals surface area contributed by atoms with Gasteiger partial charge in [-0.15, -0.1) is 0 Å². The number of rotatable bonds is 3. The van der Waals surface area contributed by atoms with Crippen LogP contribution < -0.4 is 5.32 Å². The standard InChI is InChI=1S/C13H23FN2O2/c1-13(2,3)18-12(17)16-7-9(11(14)8-16)6-15-10-4-5-10/h9-11,15H,4-8H2,1-3H3. The second-order valence-corrected chi connectivity index (χ2v) is 6.34. The first-order valence-electron chi connectivity index (χ1n) is 6.70. The van der Waals surface area contributed by atoms with E-state index in [1.165, 1.54) is 17.7 Å². The molecule has 1 amide bonds. The van der Waals surface area contributed by atoms with E-state index in [0.29, 0.717) is 19.1 Å². The molecule has 4 nitrogen and oxygen atoms in total. The first-order valence-corrected chi connectivity index (χ1v) is 6.70. The van der Waals surface area contributed by atoms with E-state index in [-0.39, 0.29) is 12.5 Å². The zero-order valence-electron chi connectivity index (χ0n) is 11.4. The minimum atomic E-state index is -0.941. The first kappa shape index (κ1) is 13.6. The van der Waals surface area contributed by atoms with Crippen LogP contribution in [0.5, 0.6) is 0 Å². The van der Waals surface area contributed by atoms with Gasteiger partial charge in [0.05, 0.1) is 6.54 Å². The molecule has 2 aliphatic rings. The largest absolute Gasteiger partial charge is 0.444 e. The second kappa shape index (κ2) is 5.03. The summed E-state index contributed by atoms with van der Waals surface area (Å²) in [4.78, 5) is 13.3. The number of alkyl halides is 1. The number of amides is 1. The average Bonchev–Trinajstić information content (AvgIpc) is 2.97. The van der Waals surface area contributed by atoms with Crippen molar-refractivity contribution in [2.24, 2.45) is 5.92 Å². The molecule has 5 heteroatoms. The van der Waals surface area contributed by atoms with Gasteiger partial charge in [0.25, 0.3) is 0 Å². The summed E-state index contributed by atoms with van der Waals surface area (Å²) in [7, 11) is 0. The lowest BCUT2D eigenvalue weighted by atomic mass is 10.1. The number of hydrogen-bond donors (Lipinski definition) is 1. The molecule has 0 spiro atoms. The molecule has 1 saturated carbocycles. The molecule has 1 aliphatic carbocycles. The van der Waals surface area contributed by atoms with Crippen LogP contribution in [0, 0.1) is 5.92 Å². The topological polar surface area (TPSA) is 41.6 Å². The van der Waals surface area contributed by atoms with Crippen molar-refractivity contribution in [3.05, 3.63) is 0 Å². The monoisotopic (exact) mass is 258 g/mol. The molecular formula is C13H23FN2O2. The number of carbonyl (C=O) groups excluding carboxylic acids is 1. The van der Waals surface area contributed by atoms with E-state index in [1.807, 2.05) is 20.8 Å². The molecule has 1 N–H and O–H groups in total. The molecule has 2 atom stereocenters. The number of ether oxygens (including phenoxy) is 1. The smallest absolute Gasteiger partial charge is 0.410 e. The highest BCUT2D eigenvalue weighted by Crippen LogP contribution is 2.24. The van der Waals surface area contributed by atoms with Crippen molar-refractivity contribution in [3.63, 3.8) is 0 Å². The number of likely N-dealkylation sites (tertiary alicyclic amines) is 1. The summed E-state index contributed by atoms with van der Waals surface area (Å²) in [5.41, 5.74) is -0.521. The highest BCUT2D eigenvalue weighted by Gasteiger charge is 2.37. The van der Waals surface area contributed by atoms with Gasteiger partial charge in [-0.3, -0.25) is 0 Å². The Bertz CT molecular complexity index is 313. The van der Waals surface area contributed by atoms with Crippen molar-refractivity contribution < 1.29 is 13.9 Å². The molecule has 18 heavy (non-hydrogen) atoms. The zero-order chi connectivity index (χ0) is 13.3. The van der Waals surface area contributed by atoms with E-state index < -0.39 is 17.9 Å². The van der Waals surface area contributed by atoms with Crippen LogP contribution in [0.2, 0.25) is 0 Å². The predicted molar refractivity (Wildman–Crippen MR) is 67.2 cm³/mol. The van der Waals surface area contributed by atoms with Crippen LogP contribution in [0.25, 0.3) is 0 Å². The van der Waals surface area contributed by atoms with Gasteiger partial charge in [-0.2, -0.15) is 0 Å². The van der Waals surface area contributed by atoms with Crippen molar-refractivity contribution in [3.8, 4) is 0 Å². The summed E-state index contributed by atoms with van der Waals surface area (Å²) in [6, 6.07) is 0.577. The lowest BCUT2D eigenvalue weighted by molar-refractivity contribution is 0.0281. The van der Waals surface area contributed by atoms with E-state index in [4.69, 9.17) is 4.74 Å². The van der Waals surface area contributed by atoms with Gasteiger partial charge >= 0.3 is 6.09 Å². The van der Waals surface area contributed by atoms with Gasteiger partial charge < -0.3 is 15.0 Å². The fourth-order valence-electron chi connectivity index (χ4n) is 2.11. The van der Waals surface area contributed by atoms with Crippen molar-refractivity contribution in [1.29, 1.82) is 0 Å². The lowest BCUT2D eigenvalue weighted by Gasteiger charge is -2.24. The molecule has 1 heterocycles. The maximum absolute atomic E-state index is 13.8. The van der Waals surface area contributed by atoms with Crippen molar-refractivity contribution >= 4 is 6.09 Å². The summed E-state index contributed by atoms with van der Waals surface area (Å²) in [6.07, 6.45) is 1.04. The SMILES string of the molecule is CC(C)(C)OC(=O)N1CC(F)C(CNC2CC2)C1. The first-order chi connectivity index (χ1) is 8.35. The Morgan fingerprint density at radius 1 is 1.39 bits per heavy atom. The van der Waals surface area contributed by atoms with Crippen LogP contribution >= 0.6 is 0 Å². The van der Waals surface area contributed by atoms with Gasteiger partial charge in [0.15, 0.2) is 0 Å². The highest BCUT2D eigenvalue weighted by atomic mass is 19.1. The number of halogens is 1. The van der Waals surface area contributed by atoms with E-state index in [1.54, 1.807) is 0 Å². The maximum atomic E-state index is 13.8. The fraction of sp³-hybridized carbons (Fsp3) is 0.923. The third-order valence-electron chi connectivity index (χ3n) is 3.26. The van der Waals surface area contributed by atoms with Crippen LogP contribution in [0.15, 0.2) is 0 Å². The minimum Gasteiger partial charge on any atom is -0.444 e. The summed E-state index contributed by atoms with van der Waals surface area (Å²) < 4.78 is 19.1. The van der Waals surface area contributed by atoms with Crippen LogP contribution in [0.4, 0.5) is 9.18 Å². The number of nitrogens with zero attached hydrogens (tertiary/aromatic N) is 1. The fourth-order valence-corrected chi connectivity index (χ4v) is 2.11. The van der Waals surface area contributed by atoms with E-state index in [0.717, 1.165) is 0 Å². The van der Waals surface area contributed by atoms with Crippen molar-refractivity contribution in [2.45, 2.75) is 51.4 Å². The quantitative estimate of drug-likeness (QED) is 0.841. The van der Waals surface area contributed by atoms with Gasteiger partial charge in [-0.1, -0.05) is 0 Å². The highest BCUT2D eigenvalue weighted by molar-refractivity contribution is 5.68. The molecule has 2 fully saturated rings. The molecule has 0 radical (unpaired) electrons. The van der Waals surface area contributed by atoms with Crippen LogP contribution in [-0.2, 0) is 4.74 Å². The van der Waals surface area contributed by atoms with Crippen molar-refractivity contribution in [2.75, 3.05) is 19.6 Å². The van der Waals surface area contributed by atoms with Gasteiger partial charge in [-0.25, -0.2) is 9.18 Å². The Kier molecular flexibility index (Phi) is 3.80. The lowest BCUT2D eigenvalue weighted by Crippen LogP contribution is -2.36. The molecule has 104 valence electrons. The third-order valence-corrected chi connectivity index (χ3v) is 3.26. The summed E-state index contributed by atoms with van der Waals surface area (Å²) in [6.45, 7) is 6.73. The molecule has 0 aromatic rings. The normalized spacial score (nSPS) is 28.6. The Hall–Kier alpha value is -0.840. The second-order valence-electron chi connectivity index (χ2n) is 6.34. The van der Waals surface area contributed by atoms with Crippen LogP contribution in [-0.4, -0.2) is 48.4 Å². The summed E-state index contributed by atoms with van der Waals surface area (Å²) in [5, 5.41) is 3.32. The van der Waals surface area contributed by atoms with Gasteiger partial charge in [0.2, 0.25) is 0 Å². The van der Waals surface area contributed by atoms with E-state index in [2.05, 4.69) is 5.32 Å². The molecule has 2 unspecified atom stereocenters. The Morgan fingerprint density at radius 3 is 2.61 bits per heavy atom. The van der Waals surface area contributed by atoms with Crippen LogP contribution in [0.3, 0.4) is 0 Å². The molecule has 0 bridgehead atoms. The molecule has 0 aromatic heterocycles. The molecule has 2 rings (SSSR count). The minimum absolute atomic E-state index is 0.0990. The van der Waals surface area contributed by atoms with E-state index in [9.17, 15) is 9.18 Å².